The number of carbonyl (C=O) groups is 1. The van der Waals surface area contributed by atoms with Crippen molar-refractivity contribution >= 4 is 33.2 Å². The minimum atomic E-state index is -0.148. The fourth-order valence-corrected chi connectivity index (χ4v) is 3.39. The Kier molecular flexibility index (Phi) is 5.85. The zero-order valence-corrected chi connectivity index (χ0v) is 15.1. The van der Waals surface area contributed by atoms with Gasteiger partial charge in [0, 0.05) is 10.4 Å². The van der Waals surface area contributed by atoms with E-state index in [0.29, 0.717) is 28.1 Å². The molecule has 0 saturated carbocycles. The second kappa shape index (κ2) is 7.65. The van der Waals surface area contributed by atoms with Crippen LogP contribution >= 0.6 is 27.3 Å². The van der Waals surface area contributed by atoms with Gasteiger partial charge in [0.05, 0.1) is 24.2 Å². The number of nitrogens with one attached hydrogen (secondary N) is 1. The standard InChI is InChI=1S/C16H18BrNO3S/c1-4-21-13-9-11(8-12(17)15(13)20-3)16(19)18-10(2)14-6-5-7-22-14/h5-10H,4H2,1-3H3,(H,18,19)/t10-/m1/s1. The van der Waals surface area contributed by atoms with Gasteiger partial charge in [-0.15, -0.1) is 11.3 Å². The topological polar surface area (TPSA) is 47.6 Å². The molecule has 1 aromatic heterocycles. The van der Waals surface area contributed by atoms with Crippen LogP contribution in [-0.2, 0) is 0 Å². The van der Waals surface area contributed by atoms with Crippen LogP contribution in [0.3, 0.4) is 0 Å². The summed E-state index contributed by atoms with van der Waals surface area (Å²) in [5.41, 5.74) is 0.527. The third-order valence-electron chi connectivity index (χ3n) is 3.09. The molecule has 0 aliphatic carbocycles. The number of thiophene rings is 1. The van der Waals surface area contributed by atoms with Gasteiger partial charge in [0.1, 0.15) is 0 Å². The molecule has 1 heterocycles. The summed E-state index contributed by atoms with van der Waals surface area (Å²) in [5, 5.41) is 4.98. The average molecular weight is 384 g/mol. The van der Waals surface area contributed by atoms with Crippen molar-refractivity contribution in [3.8, 4) is 11.5 Å². The van der Waals surface area contributed by atoms with Gasteiger partial charge in [-0.1, -0.05) is 6.07 Å². The number of carbonyl (C=O) groups excluding carboxylic acids is 1. The number of halogens is 1. The van der Waals surface area contributed by atoms with Crippen LogP contribution in [0.1, 0.15) is 35.1 Å². The molecule has 118 valence electrons. The van der Waals surface area contributed by atoms with E-state index in [0.717, 1.165) is 4.88 Å². The van der Waals surface area contributed by atoms with Crippen LogP contribution < -0.4 is 14.8 Å². The second-order valence-electron chi connectivity index (χ2n) is 4.63. The average Bonchev–Trinajstić information content (AvgIpc) is 3.01. The highest BCUT2D eigenvalue weighted by Crippen LogP contribution is 2.36. The number of ether oxygens (including phenoxy) is 2. The van der Waals surface area contributed by atoms with Gasteiger partial charge < -0.3 is 14.8 Å². The highest BCUT2D eigenvalue weighted by molar-refractivity contribution is 9.10. The fourth-order valence-electron chi connectivity index (χ4n) is 2.05. The molecule has 0 spiro atoms. The number of hydrogen-bond acceptors (Lipinski definition) is 4. The molecule has 1 atom stereocenters. The first-order valence-corrected chi connectivity index (χ1v) is 8.58. The molecule has 6 heteroatoms. The predicted molar refractivity (Wildman–Crippen MR) is 92.1 cm³/mol. The maximum atomic E-state index is 12.4. The highest BCUT2D eigenvalue weighted by atomic mass is 79.9. The Hall–Kier alpha value is -1.53. The molecule has 2 rings (SSSR count). The van der Waals surface area contributed by atoms with Crippen LogP contribution in [0.4, 0.5) is 0 Å². The molecular formula is C16H18BrNO3S. The van der Waals surface area contributed by atoms with E-state index < -0.39 is 0 Å². The van der Waals surface area contributed by atoms with E-state index in [9.17, 15) is 4.79 Å². The van der Waals surface area contributed by atoms with E-state index in [1.807, 2.05) is 31.4 Å². The summed E-state index contributed by atoms with van der Waals surface area (Å²) in [6, 6.07) is 7.37. The van der Waals surface area contributed by atoms with Crippen LogP contribution in [0.2, 0.25) is 0 Å². The number of benzene rings is 1. The van der Waals surface area contributed by atoms with Gasteiger partial charge in [-0.05, 0) is 53.4 Å². The zero-order chi connectivity index (χ0) is 16.1. The molecule has 22 heavy (non-hydrogen) atoms. The van der Waals surface area contributed by atoms with Gasteiger partial charge in [0.2, 0.25) is 0 Å². The lowest BCUT2D eigenvalue weighted by molar-refractivity contribution is 0.0940. The van der Waals surface area contributed by atoms with E-state index >= 15 is 0 Å². The van der Waals surface area contributed by atoms with E-state index in [1.54, 1.807) is 30.6 Å². The lowest BCUT2D eigenvalue weighted by atomic mass is 10.1. The summed E-state index contributed by atoms with van der Waals surface area (Å²) in [6.07, 6.45) is 0. The molecule has 1 aromatic carbocycles. The van der Waals surface area contributed by atoms with Crippen LogP contribution in [0.15, 0.2) is 34.1 Å². The first-order valence-electron chi connectivity index (χ1n) is 6.91. The van der Waals surface area contributed by atoms with Gasteiger partial charge in [0.25, 0.3) is 5.91 Å². The summed E-state index contributed by atoms with van der Waals surface area (Å²) in [6.45, 7) is 4.35. The maximum Gasteiger partial charge on any atom is 0.251 e. The molecule has 4 nitrogen and oxygen atoms in total. The minimum absolute atomic E-state index is 0.0380. The van der Waals surface area contributed by atoms with Crippen molar-refractivity contribution in [2.45, 2.75) is 19.9 Å². The van der Waals surface area contributed by atoms with Crippen molar-refractivity contribution in [3.63, 3.8) is 0 Å². The highest BCUT2D eigenvalue weighted by Gasteiger charge is 2.17. The largest absolute Gasteiger partial charge is 0.492 e. The van der Waals surface area contributed by atoms with Gasteiger partial charge in [-0.25, -0.2) is 0 Å². The monoisotopic (exact) mass is 383 g/mol. The van der Waals surface area contributed by atoms with Crippen molar-refractivity contribution in [2.75, 3.05) is 13.7 Å². The summed E-state index contributed by atoms with van der Waals surface area (Å²) < 4.78 is 11.5. The van der Waals surface area contributed by atoms with Gasteiger partial charge in [0.15, 0.2) is 11.5 Å². The normalized spacial score (nSPS) is 11.8. The Bertz CT molecular complexity index is 643. The van der Waals surface area contributed by atoms with Gasteiger partial charge >= 0.3 is 0 Å². The second-order valence-corrected chi connectivity index (χ2v) is 6.47. The molecule has 1 amide bonds. The van der Waals surface area contributed by atoms with Crippen molar-refractivity contribution in [1.82, 2.24) is 5.32 Å². The molecule has 2 aromatic rings. The first kappa shape index (κ1) is 16.8. The van der Waals surface area contributed by atoms with Crippen molar-refractivity contribution in [2.24, 2.45) is 0 Å². The van der Waals surface area contributed by atoms with E-state index in [2.05, 4.69) is 21.2 Å². The minimum Gasteiger partial charge on any atom is -0.492 e. The molecule has 0 unspecified atom stereocenters. The quantitative estimate of drug-likeness (QED) is 0.803. The van der Waals surface area contributed by atoms with Crippen LogP contribution in [0.5, 0.6) is 11.5 Å². The van der Waals surface area contributed by atoms with Crippen molar-refractivity contribution in [3.05, 3.63) is 44.6 Å². The molecule has 1 N–H and O–H groups in total. The van der Waals surface area contributed by atoms with Gasteiger partial charge in [-0.2, -0.15) is 0 Å². The molecule has 0 saturated heterocycles. The predicted octanol–water partition coefficient (Wildman–Crippen LogP) is 4.41. The zero-order valence-electron chi connectivity index (χ0n) is 12.7. The molecule has 0 radical (unpaired) electrons. The number of amides is 1. The fraction of sp³-hybridized carbons (Fsp3) is 0.312. The molecular weight excluding hydrogens is 366 g/mol. The van der Waals surface area contributed by atoms with Crippen molar-refractivity contribution in [1.29, 1.82) is 0 Å². The van der Waals surface area contributed by atoms with Crippen LogP contribution in [-0.4, -0.2) is 19.6 Å². The smallest absolute Gasteiger partial charge is 0.251 e. The lowest BCUT2D eigenvalue weighted by Gasteiger charge is -2.15. The Balaban J connectivity index is 2.22. The van der Waals surface area contributed by atoms with E-state index in [4.69, 9.17) is 9.47 Å². The summed E-state index contributed by atoms with van der Waals surface area (Å²) in [7, 11) is 1.57. The molecule has 0 aliphatic heterocycles. The molecule has 0 bridgehead atoms. The summed E-state index contributed by atoms with van der Waals surface area (Å²) in [4.78, 5) is 13.6. The Morgan fingerprint density at radius 2 is 2.23 bits per heavy atom. The third kappa shape index (κ3) is 3.81. The molecule has 0 fully saturated rings. The summed E-state index contributed by atoms with van der Waals surface area (Å²) >= 11 is 5.04. The van der Waals surface area contributed by atoms with Gasteiger partial charge in [-0.3, -0.25) is 4.79 Å². The number of hydrogen-bond donors (Lipinski definition) is 1. The summed E-state index contributed by atoms with van der Waals surface area (Å²) in [5.74, 6) is 0.989. The Morgan fingerprint density at radius 1 is 1.45 bits per heavy atom. The number of rotatable bonds is 6. The first-order chi connectivity index (χ1) is 10.6. The number of methoxy groups -OCH3 is 1. The van der Waals surface area contributed by atoms with Crippen LogP contribution in [0.25, 0.3) is 0 Å². The third-order valence-corrected chi connectivity index (χ3v) is 4.74. The van der Waals surface area contributed by atoms with E-state index in [-0.39, 0.29) is 11.9 Å². The van der Waals surface area contributed by atoms with Crippen molar-refractivity contribution < 1.29 is 14.3 Å². The SMILES string of the molecule is CCOc1cc(C(=O)N[C@H](C)c2cccs2)cc(Br)c1OC. The van der Waals surface area contributed by atoms with Crippen LogP contribution in [0, 0.1) is 0 Å². The lowest BCUT2D eigenvalue weighted by Crippen LogP contribution is -2.26. The molecule has 0 aliphatic rings. The maximum absolute atomic E-state index is 12.4. The Morgan fingerprint density at radius 3 is 2.82 bits per heavy atom. The Labute approximate surface area is 142 Å². The van der Waals surface area contributed by atoms with E-state index in [1.165, 1.54) is 0 Å².